The monoisotopic (exact) mass is 213 g/mol. The Labute approximate surface area is 87.0 Å². The highest BCUT2D eigenvalue weighted by atomic mass is 19.3. The van der Waals surface area contributed by atoms with Crippen molar-refractivity contribution in [2.45, 2.75) is 31.9 Å². The molecule has 2 N–H and O–H groups in total. The van der Waals surface area contributed by atoms with E-state index in [1.54, 1.807) is 18.2 Å². The number of nitrogens with two attached hydrogens (primary N) is 1. The first-order chi connectivity index (χ1) is 7.08. The number of hydrogen-bond acceptors (Lipinski definition) is 2. The highest BCUT2D eigenvalue weighted by Crippen LogP contribution is 2.31. The molecule has 2 nitrogen and oxygen atoms in total. The summed E-state index contributed by atoms with van der Waals surface area (Å²) in [5, 5.41) is 0. The molecule has 0 saturated carbocycles. The number of fused-ring (bicyclic) bond motifs is 1. The third-order valence-corrected chi connectivity index (χ3v) is 2.58. The van der Waals surface area contributed by atoms with Crippen LogP contribution in [0.4, 0.5) is 8.78 Å². The van der Waals surface area contributed by atoms with Gasteiger partial charge < -0.3 is 10.5 Å². The number of halogens is 2. The Kier molecular flexibility index (Phi) is 2.61. The van der Waals surface area contributed by atoms with Crippen LogP contribution in [0.3, 0.4) is 0 Å². The second-order valence-electron chi connectivity index (χ2n) is 3.86. The SMILES string of the molecule is CC1Cc2cc(C(N)C(F)F)ccc2O1. The van der Waals surface area contributed by atoms with Crippen molar-refractivity contribution in [1.29, 1.82) is 0 Å². The fraction of sp³-hybridized carbons (Fsp3) is 0.455. The Morgan fingerprint density at radius 1 is 1.47 bits per heavy atom. The summed E-state index contributed by atoms with van der Waals surface area (Å²) in [4.78, 5) is 0. The maximum atomic E-state index is 12.4. The van der Waals surface area contributed by atoms with Gasteiger partial charge >= 0.3 is 0 Å². The molecule has 4 heteroatoms. The van der Waals surface area contributed by atoms with Gasteiger partial charge in [-0.3, -0.25) is 0 Å². The molecule has 15 heavy (non-hydrogen) atoms. The summed E-state index contributed by atoms with van der Waals surface area (Å²) in [7, 11) is 0. The largest absolute Gasteiger partial charge is 0.490 e. The smallest absolute Gasteiger partial charge is 0.257 e. The molecule has 0 aromatic heterocycles. The molecule has 2 atom stereocenters. The molecule has 0 radical (unpaired) electrons. The van der Waals surface area contributed by atoms with Crippen LogP contribution in [-0.4, -0.2) is 12.5 Å². The van der Waals surface area contributed by atoms with E-state index in [9.17, 15) is 8.78 Å². The first kappa shape index (κ1) is 10.4. The third kappa shape index (κ3) is 1.95. The van der Waals surface area contributed by atoms with Crippen LogP contribution in [0, 0.1) is 0 Å². The number of benzene rings is 1. The van der Waals surface area contributed by atoms with Crippen LogP contribution in [-0.2, 0) is 6.42 Å². The van der Waals surface area contributed by atoms with Gasteiger partial charge in [-0.2, -0.15) is 0 Å². The maximum Gasteiger partial charge on any atom is 0.257 e. The molecule has 2 unspecified atom stereocenters. The first-order valence-corrected chi connectivity index (χ1v) is 4.91. The van der Waals surface area contributed by atoms with Crippen LogP contribution in [0.1, 0.15) is 24.1 Å². The summed E-state index contributed by atoms with van der Waals surface area (Å²) < 4.78 is 30.2. The second kappa shape index (κ2) is 3.77. The van der Waals surface area contributed by atoms with Gasteiger partial charge in [-0.25, -0.2) is 8.78 Å². The van der Waals surface area contributed by atoms with Crippen LogP contribution in [0.2, 0.25) is 0 Å². The highest BCUT2D eigenvalue weighted by molar-refractivity contribution is 5.41. The van der Waals surface area contributed by atoms with E-state index in [1.165, 1.54) is 0 Å². The highest BCUT2D eigenvalue weighted by Gasteiger charge is 2.23. The minimum Gasteiger partial charge on any atom is -0.490 e. The summed E-state index contributed by atoms with van der Waals surface area (Å²) in [6.07, 6.45) is -1.64. The molecule has 0 fully saturated rings. The number of ether oxygens (including phenoxy) is 1. The van der Waals surface area contributed by atoms with Crippen LogP contribution in [0.15, 0.2) is 18.2 Å². The van der Waals surface area contributed by atoms with Crippen LogP contribution in [0.5, 0.6) is 5.75 Å². The molecule has 1 aliphatic rings. The normalized spacial score (nSPS) is 21.3. The zero-order valence-corrected chi connectivity index (χ0v) is 8.41. The van der Waals surface area contributed by atoms with Gasteiger partial charge in [0.2, 0.25) is 0 Å². The maximum absolute atomic E-state index is 12.4. The number of hydrogen-bond donors (Lipinski definition) is 1. The standard InChI is InChI=1S/C11H13F2NO/c1-6-4-8-5-7(10(14)11(12)13)2-3-9(8)15-6/h2-3,5-6,10-11H,4,14H2,1H3. The van der Waals surface area contributed by atoms with E-state index in [4.69, 9.17) is 10.5 Å². The zero-order valence-electron chi connectivity index (χ0n) is 8.41. The third-order valence-electron chi connectivity index (χ3n) is 2.58. The van der Waals surface area contributed by atoms with Crippen LogP contribution in [0.25, 0.3) is 0 Å². The molecule has 0 saturated heterocycles. The van der Waals surface area contributed by atoms with Gasteiger partial charge in [0.05, 0.1) is 6.04 Å². The molecule has 0 spiro atoms. The van der Waals surface area contributed by atoms with Gasteiger partial charge in [0.25, 0.3) is 6.43 Å². The fourth-order valence-electron chi connectivity index (χ4n) is 1.79. The van der Waals surface area contributed by atoms with Crippen molar-refractivity contribution in [2.24, 2.45) is 5.73 Å². The van der Waals surface area contributed by atoms with E-state index in [-0.39, 0.29) is 6.10 Å². The van der Waals surface area contributed by atoms with Crippen molar-refractivity contribution in [3.8, 4) is 5.75 Å². The molecule has 1 aromatic rings. The molecule has 2 rings (SSSR count). The Balaban J connectivity index is 2.27. The van der Waals surface area contributed by atoms with Crippen molar-refractivity contribution < 1.29 is 13.5 Å². The Hall–Kier alpha value is -1.16. The van der Waals surface area contributed by atoms with E-state index < -0.39 is 12.5 Å². The van der Waals surface area contributed by atoms with E-state index >= 15 is 0 Å². The van der Waals surface area contributed by atoms with Crippen molar-refractivity contribution in [3.63, 3.8) is 0 Å². The lowest BCUT2D eigenvalue weighted by atomic mass is 10.0. The summed E-state index contributed by atoms with van der Waals surface area (Å²) >= 11 is 0. The quantitative estimate of drug-likeness (QED) is 0.817. The average molecular weight is 213 g/mol. The first-order valence-electron chi connectivity index (χ1n) is 4.91. The Bertz CT molecular complexity index is 368. The van der Waals surface area contributed by atoms with Gasteiger partial charge in [0.1, 0.15) is 11.9 Å². The lowest BCUT2D eigenvalue weighted by Gasteiger charge is -2.11. The minimum absolute atomic E-state index is 0.123. The van der Waals surface area contributed by atoms with Gasteiger partial charge in [-0.05, 0) is 24.1 Å². The molecule has 1 heterocycles. The molecular weight excluding hydrogens is 200 g/mol. The van der Waals surface area contributed by atoms with Crippen LogP contribution < -0.4 is 10.5 Å². The minimum atomic E-state index is -2.53. The van der Waals surface area contributed by atoms with Gasteiger partial charge in [-0.15, -0.1) is 0 Å². The lowest BCUT2D eigenvalue weighted by molar-refractivity contribution is 0.116. The van der Waals surface area contributed by atoms with E-state index in [0.29, 0.717) is 5.56 Å². The predicted molar refractivity (Wildman–Crippen MR) is 53.2 cm³/mol. The lowest BCUT2D eigenvalue weighted by Crippen LogP contribution is -2.18. The van der Waals surface area contributed by atoms with E-state index in [2.05, 4.69) is 0 Å². The summed E-state index contributed by atoms with van der Waals surface area (Å²) in [5.41, 5.74) is 6.82. The molecule has 82 valence electrons. The predicted octanol–water partition coefficient (Wildman–Crippen LogP) is 2.27. The summed E-state index contributed by atoms with van der Waals surface area (Å²) in [6.45, 7) is 1.95. The molecule has 1 aromatic carbocycles. The van der Waals surface area contributed by atoms with Gasteiger partial charge in [0.15, 0.2) is 0 Å². The molecule has 0 bridgehead atoms. The van der Waals surface area contributed by atoms with Crippen molar-refractivity contribution >= 4 is 0 Å². The number of alkyl halides is 2. The fourth-order valence-corrected chi connectivity index (χ4v) is 1.79. The topological polar surface area (TPSA) is 35.2 Å². The van der Waals surface area contributed by atoms with E-state index in [1.807, 2.05) is 6.92 Å². The summed E-state index contributed by atoms with van der Waals surface area (Å²) in [6, 6.07) is 3.84. The van der Waals surface area contributed by atoms with Crippen molar-refractivity contribution in [3.05, 3.63) is 29.3 Å². The summed E-state index contributed by atoms with van der Waals surface area (Å²) in [5.74, 6) is 0.785. The number of rotatable bonds is 2. The molecular formula is C11H13F2NO. The van der Waals surface area contributed by atoms with Crippen molar-refractivity contribution in [2.75, 3.05) is 0 Å². The Morgan fingerprint density at radius 2 is 2.20 bits per heavy atom. The van der Waals surface area contributed by atoms with E-state index in [0.717, 1.165) is 17.7 Å². The van der Waals surface area contributed by atoms with Crippen molar-refractivity contribution in [1.82, 2.24) is 0 Å². The van der Waals surface area contributed by atoms with Gasteiger partial charge in [-0.1, -0.05) is 12.1 Å². The Morgan fingerprint density at radius 3 is 2.87 bits per heavy atom. The van der Waals surface area contributed by atoms with Crippen LogP contribution >= 0.6 is 0 Å². The molecule has 0 aliphatic carbocycles. The van der Waals surface area contributed by atoms with Gasteiger partial charge in [0, 0.05) is 6.42 Å². The molecule has 0 amide bonds. The zero-order chi connectivity index (χ0) is 11.0. The average Bonchev–Trinajstić information content (AvgIpc) is 2.55. The second-order valence-corrected chi connectivity index (χ2v) is 3.86. The molecule has 1 aliphatic heterocycles.